The smallest absolute Gasteiger partial charge is 0.0548 e. The lowest BCUT2D eigenvalue weighted by molar-refractivity contribution is 0.976. The molecule has 22 heavy (non-hydrogen) atoms. The number of rotatable bonds is 3. The maximum atomic E-state index is 4.70. The van der Waals surface area contributed by atoms with E-state index in [2.05, 4.69) is 79.1 Å². The van der Waals surface area contributed by atoms with Crippen LogP contribution >= 0.6 is 12.6 Å². The summed E-state index contributed by atoms with van der Waals surface area (Å²) in [6.45, 7) is 4.29. The lowest BCUT2D eigenvalue weighted by Crippen LogP contribution is -2.00. The third-order valence-electron chi connectivity index (χ3n) is 4.02. The molecule has 0 aliphatic heterocycles. The summed E-state index contributed by atoms with van der Waals surface area (Å²) in [5.74, 6) is 0. The van der Waals surface area contributed by atoms with E-state index in [4.69, 9.17) is 12.6 Å². The number of hydrogen-bond acceptors (Lipinski definition) is 1. The van der Waals surface area contributed by atoms with Crippen molar-refractivity contribution in [3.63, 3.8) is 0 Å². The van der Waals surface area contributed by atoms with Gasteiger partial charge in [-0.05, 0) is 38.0 Å². The highest BCUT2D eigenvalue weighted by Gasteiger charge is 2.17. The number of nitrogens with zero attached hydrogens (tertiary/aromatic N) is 1. The van der Waals surface area contributed by atoms with E-state index in [0.29, 0.717) is 0 Å². The molecule has 0 radical (unpaired) electrons. The van der Waals surface area contributed by atoms with Gasteiger partial charge in [-0.1, -0.05) is 49.4 Å². The first-order valence-corrected chi connectivity index (χ1v) is 8.24. The average molecular weight is 307 g/mol. The van der Waals surface area contributed by atoms with Gasteiger partial charge in [-0.25, -0.2) is 0 Å². The Balaban J connectivity index is 2.39. The molecular formula is C20H21NS. The van der Waals surface area contributed by atoms with Gasteiger partial charge in [0, 0.05) is 27.2 Å². The third-order valence-corrected chi connectivity index (χ3v) is 4.39. The molecule has 1 aromatic carbocycles. The molecule has 0 unspecified atom stereocenters. The topological polar surface area (TPSA) is 4.93 Å². The van der Waals surface area contributed by atoms with Crippen molar-refractivity contribution in [3.8, 4) is 0 Å². The Hall–Kier alpha value is -1.93. The standard InChI is InChI=1S/C20H21NS/c1-3-10-16-17(4-2)21(15-11-7-5-6-8-12-15)18-13-9-14-19(22)20(16)18/h3,5-7,9-14,22H,4,8H2,1-2H3/b10-3-. The first kappa shape index (κ1) is 15.0. The number of benzene rings is 1. The molecule has 0 atom stereocenters. The fraction of sp³-hybridized carbons (Fsp3) is 0.200. The van der Waals surface area contributed by atoms with Crippen molar-refractivity contribution in [1.29, 1.82) is 0 Å². The van der Waals surface area contributed by atoms with Crippen LogP contribution in [0.2, 0.25) is 0 Å². The van der Waals surface area contributed by atoms with E-state index in [1.807, 2.05) is 0 Å². The Labute approximate surface area is 137 Å². The maximum absolute atomic E-state index is 4.70. The van der Waals surface area contributed by atoms with Gasteiger partial charge in [0.1, 0.15) is 0 Å². The zero-order chi connectivity index (χ0) is 15.5. The summed E-state index contributed by atoms with van der Waals surface area (Å²) in [5.41, 5.74) is 5.10. The van der Waals surface area contributed by atoms with E-state index in [1.165, 1.54) is 27.9 Å². The first-order chi connectivity index (χ1) is 10.8. The van der Waals surface area contributed by atoms with Crippen molar-refractivity contribution in [3.05, 3.63) is 65.9 Å². The number of fused-ring (bicyclic) bond motifs is 1. The Kier molecular flexibility index (Phi) is 4.39. The zero-order valence-electron chi connectivity index (χ0n) is 13.1. The van der Waals surface area contributed by atoms with Gasteiger partial charge in [-0.15, -0.1) is 12.6 Å². The number of aromatic nitrogens is 1. The molecule has 0 fully saturated rings. The van der Waals surface area contributed by atoms with Crippen molar-refractivity contribution < 1.29 is 0 Å². The van der Waals surface area contributed by atoms with Crippen LogP contribution in [0, 0.1) is 0 Å². The Bertz CT molecular complexity index is 816. The quantitative estimate of drug-likeness (QED) is 0.675. The lowest BCUT2D eigenvalue weighted by atomic mass is 10.1. The minimum absolute atomic E-state index is 0.963. The number of thiol groups is 1. The van der Waals surface area contributed by atoms with Crippen molar-refractivity contribution >= 4 is 35.3 Å². The third kappa shape index (κ3) is 2.48. The maximum Gasteiger partial charge on any atom is 0.0548 e. The van der Waals surface area contributed by atoms with Gasteiger partial charge in [0.2, 0.25) is 0 Å². The fourth-order valence-corrected chi connectivity index (χ4v) is 3.45. The molecule has 1 heterocycles. The van der Waals surface area contributed by atoms with E-state index in [0.717, 1.165) is 17.7 Å². The van der Waals surface area contributed by atoms with Crippen LogP contribution in [0.15, 0.2) is 59.6 Å². The molecule has 1 aliphatic rings. The minimum Gasteiger partial charge on any atom is -0.313 e. The van der Waals surface area contributed by atoms with Crippen molar-refractivity contribution in [2.75, 3.05) is 0 Å². The summed E-state index contributed by atoms with van der Waals surface area (Å²) in [6, 6.07) is 6.34. The summed E-state index contributed by atoms with van der Waals surface area (Å²) in [5, 5.41) is 1.24. The SMILES string of the molecule is C/C=C\c1c(CC)n(C2=CCC=CC=C2)c2cccc(S)c12. The normalized spacial score (nSPS) is 14.8. The van der Waals surface area contributed by atoms with Crippen LogP contribution in [0.3, 0.4) is 0 Å². The minimum atomic E-state index is 0.963. The van der Waals surface area contributed by atoms with Gasteiger partial charge in [-0.2, -0.15) is 0 Å². The van der Waals surface area contributed by atoms with Crippen molar-refractivity contribution in [2.24, 2.45) is 0 Å². The molecule has 0 N–H and O–H groups in total. The second kappa shape index (κ2) is 6.45. The highest BCUT2D eigenvalue weighted by atomic mass is 32.1. The molecule has 1 aromatic heterocycles. The summed E-state index contributed by atoms with van der Waals surface area (Å²) in [7, 11) is 0. The summed E-state index contributed by atoms with van der Waals surface area (Å²) in [4.78, 5) is 1.04. The summed E-state index contributed by atoms with van der Waals surface area (Å²) < 4.78 is 2.38. The molecule has 112 valence electrons. The predicted molar refractivity (Wildman–Crippen MR) is 100 cm³/mol. The zero-order valence-corrected chi connectivity index (χ0v) is 14.0. The van der Waals surface area contributed by atoms with Gasteiger partial charge in [0.25, 0.3) is 0 Å². The highest BCUT2D eigenvalue weighted by Crippen LogP contribution is 2.35. The van der Waals surface area contributed by atoms with Crippen LogP contribution in [0.25, 0.3) is 22.7 Å². The van der Waals surface area contributed by atoms with Crippen molar-refractivity contribution in [1.82, 2.24) is 4.57 Å². The summed E-state index contributed by atoms with van der Waals surface area (Å²) in [6.07, 6.45) is 17.1. The Morgan fingerprint density at radius 2 is 2.14 bits per heavy atom. The highest BCUT2D eigenvalue weighted by molar-refractivity contribution is 7.80. The molecule has 0 amide bonds. The Morgan fingerprint density at radius 1 is 1.27 bits per heavy atom. The van der Waals surface area contributed by atoms with Crippen LogP contribution < -0.4 is 0 Å². The van der Waals surface area contributed by atoms with Gasteiger partial charge in [0.05, 0.1) is 5.52 Å². The average Bonchev–Trinajstić information content (AvgIpc) is 2.67. The molecule has 3 rings (SSSR count). The van der Waals surface area contributed by atoms with E-state index in [9.17, 15) is 0 Å². The van der Waals surface area contributed by atoms with Gasteiger partial charge < -0.3 is 4.57 Å². The van der Waals surface area contributed by atoms with E-state index >= 15 is 0 Å². The predicted octanol–water partition coefficient (Wildman–Crippen LogP) is 5.88. The lowest BCUT2D eigenvalue weighted by Gasteiger charge is -2.11. The molecule has 0 saturated heterocycles. The van der Waals surface area contributed by atoms with Crippen LogP contribution in [-0.2, 0) is 6.42 Å². The monoisotopic (exact) mass is 307 g/mol. The molecule has 1 nitrogen and oxygen atoms in total. The first-order valence-electron chi connectivity index (χ1n) is 7.79. The van der Waals surface area contributed by atoms with Crippen molar-refractivity contribution in [2.45, 2.75) is 31.6 Å². The second-order valence-corrected chi connectivity index (χ2v) is 5.85. The van der Waals surface area contributed by atoms with Gasteiger partial charge >= 0.3 is 0 Å². The van der Waals surface area contributed by atoms with Crippen LogP contribution in [0.5, 0.6) is 0 Å². The molecule has 2 aromatic rings. The molecule has 0 spiro atoms. The van der Waals surface area contributed by atoms with Crippen LogP contribution in [0.1, 0.15) is 31.5 Å². The molecule has 1 aliphatic carbocycles. The van der Waals surface area contributed by atoms with Crippen LogP contribution in [-0.4, -0.2) is 4.57 Å². The number of hydrogen-bond donors (Lipinski definition) is 1. The largest absolute Gasteiger partial charge is 0.313 e. The molecule has 0 bridgehead atoms. The van der Waals surface area contributed by atoms with E-state index in [-0.39, 0.29) is 0 Å². The van der Waals surface area contributed by atoms with E-state index < -0.39 is 0 Å². The van der Waals surface area contributed by atoms with E-state index in [1.54, 1.807) is 0 Å². The van der Waals surface area contributed by atoms with Gasteiger partial charge in [-0.3, -0.25) is 0 Å². The van der Waals surface area contributed by atoms with Crippen LogP contribution in [0.4, 0.5) is 0 Å². The molecular weight excluding hydrogens is 286 g/mol. The Morgan fingerprint density at radius 3 is 2.91 bits per heavy atom. The molecule has 0 saturated carbocycles. The second-order valence-electron chi connectivity index (χ2n) is 5.37. The number of allylic oxidation sites excluding steroid dienone is 7. The summed E-state index contributed by atoms with van der Waals surface area (Å²) >= 11 is 4.70. The van der Waals surface area contributed by atoms with Gasteiger partial charge in [0.15, 0.2) is 0 Å². The fourth-order valence-electron chi connectivity index (χ4n) is 3.12. The molecule has 2 heteroatoms.